The second-order valence-electron chi connectivity index (χ2n) is 7.47. The Morgan fingerprint density at radius 2 is 2.17 bits per heavy atom. The maximum absolute atomic E-state index is 14.0. The number of anilines is 1. The summed E-state index contributed by atoms with van der Waals surface area (Å²) in [6, 6.07) is 4.50. The minimum absolute atomic E-state index is 0.0320. The summed E-state index contributed by atoms with van der Waals surface area (Å²) in [5.41, 5.74) is 1.80. The Hall–Kier alpha value is -1.96. The molecule has 2 aromatic rings. The molecule has 3 rings (SSSR count). The molecule has 29 heavy (non-hydrogen) atoms. The molecule has 5 nitrogen and oxygen atoms in total. The summed E-state index contributed by atoms with van der Waals surface area (Å²) in [5.74, 6) is -0.569. The normalized spacial score (nSPS) is 15.9. The van der Waals surface area contributed by atoms with Crippen LogP contribution in [0.2, 0.25) is 5.02 Å². The van der Waals surface area contributed by atoms with Gasteiger partial charge in [0.15, 0.2) is 0 Å². The summed E-state index contributed by atoms with van der Waals surface area (Å²) in [6.45, 7) is 2.41. The molecule has 1 aromatic carbocycles. The molecule has 1 aliphatic rings. The molecule has 0 saturated carbocycles. The topological polar surface area (TPSA) is 58.6 Å². The van der Waals surface area contributed by atoms with E-state index in [0.717, 1.165) is 29.7 Å². The van der Waals surface area contributed by atoms with E-state index in [0.29, 0.717) is 27.1 Å². The van der Waals surface area contributed by atoms with Crippen molar-refractivity contribution >= 4 is 39.8 Å². The number of fused-ring (bicyclic) bond motifs is 1. The molecule has 1 aromatic heterocycles. The Kier molecular flexibility index (Phi) is 6.93. The van der Waals surface area contributed by atoms with Crippen molar-refractivity contribution in [2.24, 2.45) is 5.92 Å². The number of carbonyl (C=O) groups excluding carboxylic acids is 2. The predicted molar refractivity (Wildman–Crippen MR) is 113 cm³/mol. The van der Waals surface area contributed by atoms with E-state index in [4.69, 9.17) is 16.3 Å². The van der Waals surface area contributed by atoms with E-state index in [1.165, 1.54) is 24.5 Å². The highest BCUT2D eigenvalue weighted by Gasteiger charge is 2.29. The number of hydrogen-bond acceptors (Lipinski definition) is 5. The fourth-order valence-electron chi connectivity index (χ4n) is 3.58. The number of thiophene rings is 1. The second-order valence-corrected chi connectivity index (χ2v) is 8.98. The molecule has 156 valence electrons. The van der Waals surface area contributed by atoms with Crippen LogP contribution in [0.5, 0.6) is 0 Å². The molecule has 1 unspecified atom stereocenters. The van der Waals surface area contributed by atoms with Gasteiger partial charge >= 0.3 is 5.97 Å². The fraction of sp³-hybridized carbons (Fsp3) is 0.429. The van der Waals surface area contributed by atoms with Gasteiger partial charge < -0.3 is 10.1 Å². The molecule has 0 fully saturated rings. The number of nitrogens with zero attached hydrogens (tertiary/aromatic N) is 1. The van der Waals surface area contributed by atoms with E-state index < -0.39 is 11.8 Å². The van der Waals surface area contributed by atoms with Crippen LogP contribution >= 0.6 is 22.9 Å². The van der Waals surface area contributed by atoms with Gasteiger partial charge in [-0.2, -0.15) is 0 Å². The lowest BCUT2D eigenvalue weighted by atomic mass is 9.88. The number of hydrogen-bond donors (Lipinski definition) is 1. The maximum atomic E-state index is 14.0. The molecule has 0 aliphatic heterocycles. The number of likely N-dealkylation sites (N-methyl/N-ethyl adjacent to an activating group) is 1. The van der Waals surface area contributed by atoms with Crippen molar-refractivity contribution in [2.75, 3.05) is 26.0 Å². The minimum atomic E-state index is -0.432. The molecule has 0 radical (unpaired) electrons. The molecule has 8 heteroatoms. The summed E-state index contributed by atoms with van der Waals surface area (Å²) in [7, 11) is 3.06. The Morgan fingerprint density at radius 3 is 2.86 bits per heavy atom. The average Bonchev–Trinajstić information content (AvgIpc) is 3.00. The first-order valence-electron chi connectivity index (χ1n) is 9.44. The van der Waals surface area contributed by atoms with Gasteiger partial charge in [-0.25, -0.2) is 9.18 Å². The van der Waals surface area contributed by atoms with E-state index in [2.05, 4.69) is 12.2 Å². The molecule has 0 bridgehead atoms. The van der Waals surface area contributed by atoms with Gasteiger partial charge in [0, 0.05) is 22.0 Å². The van der Waals surface area contributed by atoms with Gasteiger partial charge in [0.05, 0.1) is 19.2 Å². The van der Waals surface area contributed by atoms with Crippen LogP contribution in [0.3, 0.4) is 0 Å². The van der Waals surface area contributed by atoms with Crippen molar-refractivity contribution in [3.8, 4) is 0 Å². The van der Waals surface area contributed by atoms with Crippen LogP contribution < -0.4 is 5.32 Å². The first kappa shape index (κ1) is 21.7. The first-order valence-corrected chi connectivity index (χ1v) is 10.6. The van der Waals surface area contributed by atoms with Crippen LogP contribution in [0.1, 0.15) is 39.7 Å². The monoisotopic (exact) mass is 438 g/mol. The number of amides is 1. The average molecular weight is 439 g/mol. The summed E-state index contributed by atoms with van der Waals surface area (Å²) in [5, 5.41) is 3.70. The van der Waals surface area contributed by atoms with Gasteiger partial charge in [-0.05, 0) is 49.9 Å². The lowest BCUT2D eigenvalue weighted by Gasteiger charge is -2.18. The van der Waals surface area contributed by atoms with Gasteiger partial charge in [0.2, 0.25) is 5.91 Å². The Balaban J connectivity index is 1.72. The quantitative estimate of drug-likeness (QED) is 0.673. The summed E-state index contributed by atoms with van der Waals surface area (Å²) in [6.07, 6.45) is 2.71. The zero-order valence-corrected chi connectivity index (χ0v) is 18.3. The van der Waals surface area contributed by atoms with Crippen LogP contribution in [-0.2, 0) is 28.9 Å². The molecule has 1 heterocycles. The third kappa shape index (κ3) is 4.97. The van der Waals surface area contributed by atoms with Gasteiger partial charge in [-0.1, -0.05) is 24.6 Å². The Morgan fingerprint density at radius 1 is 1.41 bits per heavy atom. The van der Waals surface area contributed by atoms with Gasteiger partial charge in [0.1, 0.15) is 10.8 Å². The van der Waals surface area contributed by atoms with Crippen molar-refractivity contribution in [1.29, 1.82) is 0 Å². The zero-order valence-electron chi connectivity index (χ0n) is 16.7. The van der Waals surface area contributed by atoms with E-state index in [1.54, 1.807) is 24.1 Å². The standard InChI is InChI=1S/C21H24ClFN2O3S/c1-12-7-8-13-17(9-12)29-20(19(13)21(27)28-3)24-18(26)11-25(2)10-14-15(22)5-4-6-16(14)23/h4-6,12H,7-11H2,1-3H3,(H,24,26). The highest BCUT2D eigenvalue weighted by Crippen LogP contribution is 2.40. The number of esters is 1. The molecule has 1 atom stereocenters. The van der Waals surface area contributed by atoms with Crippen LogP contribution in [0.25, 0.3) is 0 Å². The van der Waals surface area contributed by atoms with Gasteiger partial charge in [-0.15, -0.1) is 11.3 Å². The van der Waals surface area contributed by atoms with Crippen LogP contribution in [0.15, 0.2) is 18.2 Å². The summed E-state index contributed by atoms with van der Waals surface area (Å²) in [4.78, 5) is 27.7. The van der Waals surface area contributed by atoms with Gasteiger partial charge in [-0.3, -0.25) is 9.69 Å². The van der Waals surface area contributed by atoms with E-state index in [9.17, 15) is 14.0 Å². The third-order valence-electron chi connectivity index (χ3n) is 5.06. The highest BCUT2D eigenvalue weighted by molar-refractivity contribution is 7.17. The Bertz CT molecular complexity index is 911. The second kappa shape index (κ2) is 9.24. The number of rotatable bonds is 6. The number of benzene rings is 1. The van der Waals surface area contributed by atoms with E-state index in [-0.39, 0.29) is 19.0 Å². The molecule has 1 amide bonds. The fourth-order valence-corrected chi connectivity index (χ4v) is 5.22. The van der Waals surface area contributed by atoms with Crippen molar-refractivity contribution in [2.45, 2.75) is 32.7 Å². The van der Waals surface area contributed by atoms with E-state index in [1.807, 2.05) is 0 Å². The Labute approximate surface area is 178 Å². The van der Waals surface area contributed by atoms with E-state index >= 15 is 0 Å². The number of nitrogens with one attached hydrogen (secondary N) is 1. The molecule has 0 saturated heterocycles. The minimum Gasteiger partial charge on any atom is -0.465 e. The zero-order chi connectivity index (χ0) is 21.1. The largest absolute Gasteiger partial charge is 0.465 e. The number of halogens is 2. The van der Waals surface area contributed by atoms with Crippen LogP contribution in [-0.4, -0.2) is 37.5 Å². The van der Waals surface area contributed by atoms with Crippen LogP contribution in [0, 0.1) is 11.7 Å². The lowest BCUT2D eigenvalue weighted by molar-refractivity contribution is -0.117. The molecule has 0 spiro atoms. The SMILES string of the molecule is COC(=O)c1c(NC(=O)CN(C)Cc2c(F)cccc2Cl)sc2c1CCC(C)C2. The van der Waals surface area contributed by atoms with Crippen molar-refractivity contribution in [3.05, 3.63) is 50.6 Å². The number of carbonyl (C=O) groups is 2. The van der Waals surface area contributed by atoms with Crippen molar-refractivity contribution in [3.63, 3.8) is 0 Å². The predicted octanol–water partition coefficient (Wildman–Crippen LogP) is 4.52. The molecular formula is C21H24ClFN2O3S. The highest BCUT2D eigenvalue weighted by atomic mass is 35.5. The van der Waals surface area contributed by atoms with Crippen LogP contribution in [0.4, 0.5) is 9.39 Å². The van der Waals surface area contributed by atoms with Gasteiger partial charge in [0.25, 0.3) is 0 Å². The van der Waals surface area contributed by atoms with Crippen molar-refractivity contribution < 1.29 is 18.7 Å². The number of methoxy groups -OCH3 is 1. The molecule has 1 aliphatic carbocycles. The molecular weight excluding hydrogens is 415 g/mol. The smallest absolute Gasteiger partial charge is 0.341 e. The number of ether oxygens (including phenoxy) is 1. The third-order valence-corrected chi connectivity index (χ3v) is 6.58. The molecule has 1 N–H and O–H groups in total. The summed E-state index contributed by atoms with van der Waals surface area (Å²) < 4.78 is 18.9. The maximum Gasteiger partial charge on any atom is 0.341 e. The van der Waals surface area contributed by atoms with Crippen molar-refractivity contribution in [1.82, 2.24) is 4.90 Å². The summed E-state index contributed by atoms with van der Waals surface area (Å²) >= 11 is 7.51. The first-order chi connectivity index (χ1) is 13.8. The lowest BCUT2D eigenvalue weighted by Crippen LogP contribution is -2.30.